The zero-order chi connectivity index (χ0) is 8.43. The van der Waals surface area contributed by atoms with E-state index in [-0.39, 0.29) is 5.91 Å². The number of esters is 1. The van der Waals surface area contributed by atoms with E-state index in [9.17, 15) is 9.59 Å². The third kappa shape index (κ3) is 1.19. The first kappa shape index (κ1) is 8.00. The van der Waals surface area contributed by atoms with Gasteiger partial charge < -0.3 is 14.8 Å². The molecule has 0 unspecified atom stereocenters. The molecule has 1 fully saturated rings. The van der Waals surface area contributed by atoms with Gasteiger partial charge in [-0.15, -0.1) is 0 Å². The fraction of sp³-hybridized carbons (Fsp3) is 0.667. The van der Waals surface area contributed by atoms with Crippen LogP contribution in [0, 0.1) is 0 Å². The van der Waals surface area contributed by atoms with Gasteiger partial charge in [-0.3, -0.25) is 4.79 Å². The second kappa shape index (κ2) is 2.87. The van der Waals surface area contributed by atoms with Crippen LogP contribution < -0.4 is 5.32 Å². The predicted molar refractivity (Wildman–Crippen MR) is 34.7 cm³/mol. The maximum absolute atomic E-state index is 10.8. The summed E-state index contributed by atoms with van der Waals surface area (Å²) in [5.41, 5.74) is 0. The van der Waals surface area contributed by atoms with Gasteiger partial charge in [-0.1, -0.05) is 0 Å². The lowest BCUT2D eigenvalue weighted by atomic mass is 10.0. The first-order valence-corrected chi connectivity index (χ1v) is 3.11. The average molecular weight is 159 g/mol. The van der Waals surface area contributed by atoms with E-state index >= 15 is 0 Å². The van der Waals surface area contributed by atoms with Crippen molar-refractivity contribution < 1.29 is 19.1 Å². The molecule has 1 N–H and O–H groups in total. The normalized spacial score (nSPS) is 28.7. The van der Waals surface area contributed by atoms with E-state index in [0.29, 0.717) is 0 Å². The molecule has 1 saturated heterocycles. The highest BCUT2D eigenvalue weighted by atomic mass is 16.5. The summed E-state index contributed by atoms with van der Waals surface area (Å²) in [5, 5.41) is 2.36. The Morgan fingerprint density at radius 2 is 2.18 bits per heavy atom. The molecule has 1 rings (SSSR count). The Bertz CT molecular complexity index is 191. The standard InChI is InChI=1S/C6H9NO4/c1-10-4-3(6(9)11-2)7-5(4)8/h3-4H,1-2H3,(H,7,8)/t3-,4-/m0/s1. The summed E-state index contributed by atoms with van der Waals surface area (Å²) >= 11 is 0. The fourth-order valence-electron chi connectivity index (χ4n) is 0.919. The van der Waals surface area contributed by atoms with E-state index in [1.165, 1.54) is 14.2 Å². The van der Waals surface area contributed by atoms with Crippen LogP contribution in [0.25, 0.3) is 0 Å². The molecule has 0 aromatic carbocycles. The number of amides is 1. The molecule has 1 aliphatic heterocycles. The van der Waals surface area contributed by atoms with Crippen LogP contribution in [0.4, 0.5) is 0 Å². The molecule has 0 aromatic rings. The number of carbonyl (C=O) groups is 2. The number of ether oxygens (including phenoxy) is 2. The maximum Gasteiger partial charge on any atom is 0.331 e. The molecule has 1 aliphatic rings. The SMILES string of the molecule is COC(=O)[C@H]1NC(=O)[C@H]1OC. The summed E-state index contributed by atoms with van der Waals surface area (Å²) in [6.07, 6.45) is -0.678. The highest BCUT2D eigenvalue weighted by Crippen LogP contribution is 2.10. The van der Waals surface area contributed by atoms with Crippen molar-refractivity contribution in [3.8, 4) is 0 Å². The van der Waals surface area contributed by atoms with E-state index in [4.69, 9.17) is 4.74 Å². The zero-order valence-corrected chi connectivity index (χ0v) is 6.29. The minimum atomic E-state index is -0.678. The Balaban J connectivity index is 2.51. The zero-order valence-electron chi connectivity index (χ0n) is 6.29. The smallest absolute Gasteiger partial charge is 0.331 e. The number of hydrogen-bond acceptors (Lipinski definition) is 4. The highest BCUT2D eigenvalue weighted by molar-refractivity contribution is 5.99. The third-order valence-electron chi connectivity index (χ3n) is 1.57. The van der Waals surface area contributed by atoms with Crippen molar-refractivity contribution >= 4 is 11.9 Å². The molecule has 0 radical (unpaired) electrons. The third-order valence-corrected chi connectivity index (χ3v) is 1.57. The number of hydrogen-bond donors (Lipinski definition) is 1. The monoisotopic (exact) mass is 159 g/mol. The van der Waals surface area contributed by atoms with Gasteiger partial charge in [0.05, 0.1) is 7.11 Å². The lowest BCUT2D eigenvalue weighted by Crippen LogP contribution is -2.66. The largest absolute Gasteiger partial charge is 0.467 e. The minimum absolute atomic E-state index is 0.275. The van der Waals surface area contributed by atoms with Gasteiger partial charge in [0.1, 0.15) is 0 Å². The Morgan fingerprint density at radius 3 is 2.55 bits per heavy atom. The van der Waals surface area contributed by atoms with Gasteiger partial charge in [-0.05, 0) is 0 Å². The van der Waals surface area contributed by atoms with Gasteiger partial charge in [0, 0.05) is 7.11 Å². The lowest BCUT2D eigenvalue weighted by molar-refractivity contribution is -0.162. The molecule has 0 spiro atoms. The van der Waals surface area contributed by atoms with Crippen molar-refractivity contribution in [1.82, 2.24) is 5.32 Å². The van der Waals surface area contributed by atoms with Crippen LogP contribution in [0.2, 0.25) is 0 Å². The van der Waals surface area contributed by atoms with Crippen molar-refractivity contribution in [3.05, 3.63) is 0 Å². The average Bonchev–Trinajstić information content (AvgIpc) is 1.99. The van der Waals surface area contributed by atoms with Crippen LogP contribution in [0.1, 0.15) is 0 Å². The topological polar surface area (TPSA) is 64.6 Å². The van der Waals surface area contributed by atoms with Gasteiger partial charge >= 0.3 is 5.97 Å². The molecule has 1 heterocycles. The molecule has 62 valence electrons. The van der Waals surface area contributed by atoms with E-state index in [1.807, 2.05) is 0 Å². The summed E-state index contributed by atoms with van der Waals surface area (Å²) in [4.78, 5) is 21.4. The van der Waals surface area contributed by atoms with Crippen LogP contribution in [0.15, 0.2) is 0 Å². The first-order valence-electron chi connectivity index (χ1n) is 3.11. The fourth-order valence-corrected chi connectivity index (χ4v) is 0.919. The van der Waals surface area contributed by atoms with Gasteiger partial charge in [-0.2, -0.15) is 0 Å². The van der Waals surface area contributed by atoms with Crippen LogP contribution in [-0.2, 0) is 19.1 Å². The Morgan fingerprint density at radius 1 is 1.55 bits per heavy atom. The first-order chi connectivity index (χ1) is 5.20. The molecule has 0 aliphatic carbocycles. The van der Waals surface area contributed by atoms with Gasteiger partial charge in [0.15, 0.2) is 12.1 Å². The lowest BCUT2D eigenvalue weighted by Gasteiger charge is -2.32. The molecule has 5 heteroatoms. The molecule has 0 bridgehead atoms. The predicted octanol–water partition coefficient (Wildman–Crippen LogP) is -1.33. The van der Waals surface area contributed by atoms with E-state index in [2.05, 4.69) is 10.1 Å². The maximum atomic E-state index is 10.8. The number of nitrogens with one attached hydrogen (secondary N) is 1. The van der Waals surface area contributed by atoms with Gasteiger partial charge in [0.25, 0.3) is 5.91 Å². The molecular weight excluding hydrogens is 150 g/mol. The Kier molecular flexibility index (Phi) is 2.09. The second-order valence-corrected chi connectivity index (χ2v) is 2.17. The van der Waals surface area contributed by atoms with Crippen molar-refractivity contribution in [2.24, 2.45) is 0 Å². The van der Waals surface area contributed by atoms with Crippen LogP contribution in [-0.4, -0.2) is 38.2 Å². The number of rotatable bonds is 2. The molecule has 0 saturated carbocycles. The molecule has 2 atom stereocenters. The highest BCUT2D eigenvalue weighted by Gasteiger charge is 2.45. The minimum Gasteiger partial charge on any atom is -0.467 e. The van der Waals surface area contributed by atoms with Crippen molar-refractivity contribution in [3.63, 3.8) is 0 Å². The molecular formula is C6H9NO4. The quantitative estimate of drug-likeness (QED) is 0.400. The van der Waals surface area contributed by atoms with Gasteiger partial charge in [-0.25, -0.2) is 4.79 Å². The van der Waals surface area contributed by atoms with Crippen molar-refractivity contribution in [1.29, 1.82) is 0 Å². The van der Waals surface area contributed by atoms with Crippen LogP contribution >= 0.6 is 0 Å². The number of carbonyl (C=O) groups excluding carboxylic acids is 2. The van der Waals surface area contributed by atoms with E-state index < -0.39 is 18.1 Å². The van der Waals surface area contributed by atoms with Gasteiger partial charge in [0.2, 0.25) is 0 Å². The summed E-state index contributed by atoms with van der Waals surface area (Å²) in [7, 11) is 2.64. The molecule has 11 heavy (non-hydrogen) atoms. The second-order valence-electron chi connectivity index (χ2n) is 2.17. The Hall–Kier alpha value is -1.10. The van der Waals surface area contributed by atoms with Crippen molar-refractivity contribution in [2.45, 2.75) is 12.1 Å². The van der Waals surface area contributed by atoms with Crippen LogP contribution in [0.5, 0.6) is 0 Å². The summed E-state index contributed by atoms with van der Waals surface area (Å²) in [6, 6.07) is -0.627. The van der Waals surface area contributed by atoms with Crippen LogP contribution in [0.3, 0.4) is 0 Å². The number of methoxy groups -OCH3 is 2. The molecule has 5 nitrogen and oxygen atoms in total. The summed E-state index contributed by atoms with van der Waals surface area (Å²) in [5.74, 6) is -0.751. The summed E-state index contributed by atoms with van der Waals surface area (Å²) in [6.45, 7) is 0. The van der Waals surface area contributed by atoms with Crippen molar-refractivity contribution in [2.75, 3.05) is 14.2 Å². The Labute approximate surface area is 63.7 Å². The molecule has 1 amide bonds. The number of β-lactam (4-membered cyclic amide) rings is 1. The van der Waals surface area contributed by atoms with E-state index in [0.717, 1.165) is 0 Å². The van der Waals surface area contributed by atoms with E-state index in [1.54, 1.807) is 0 Å². The molecule has 0 aromatic heterocycles. The summed E-state index contributed by atoms with van der Waals surface area (Å²) < 4.78 is 9.12.